The zero-order valence-corrected chi connectivity index (χ0v) is 8.05. The molecule has 0 amide bonds. The average Bonchev–Trinajstić information content (AvgIpc) is 2.13. The Morgan fingerprint density at radius 3 is 2.62 bits per heavy atom. The molecule has 0 unspecified atom stereocenters. The SMILES string of the molecule is CC1(CCc2cc[c]cc2)COC1. The molecule has 1 heteroatoms. The smallest absolute Gasteiger partial charge is 0.0542 e. The highest BCUT2D eigenvalue weighted by Crippen LogP contribution is 2.31. The van der Waals surface area contributed by atoms with Crippen molar-refractivity contribution in [3.05, 3.63) is 35.9 Å². The Kier molecular flexibility index (Phi) is 2.36. The molecular formula is C12H15O. The van der Waals surface area contributed by atoms with Crippen LogP contribution in [-0.4, -0.2) is 13.2 Å². The Balaban J connectivity index is 1.86. The Morgan fingerprint density at radius 1 is 1.38 bits per heavy atom. The van der Waals surface area contributed by atoms with Crippen molar-refractivity contribution in [3.63, 3.8) is 0 Å². The fraction of sp³-hybridized carbons (Fsp3) is 0.500. The molecule has 0 atom stereocenters. The van der Waals surface area contributed by atoms with E-state index in [1.165, 1.54) is 12.0 Å². The van der Waals surface area contributed by atoms with Crippen LogP contribution in [-0.2, 0) is 11.2 Å². The lowest BCUT2D eigenvalue weighted by Crippen LogP contribution is -2.39. The van der Waals surface area contributed by atoms with Crippen molar-refractivity contribution in [1.82, 2.24) is 0 Å². The van der Waals surface area contributed by atoms with Crippen LogP contribution in [0.3, 0.4) is 0 Å². The van der Waals surface area contributed by atoms with Gasteiger partial charge in [-0.05, 0) is 24.5 Å². The molecular weight excluding hydrogens is 160 g/mol. The molecule has 13 heavy (non-hydrogen) atoms. The number of benzene rings is 1. The molecule has 69 valence electrons. The molecule has 1 aromatic rings. The topological polar surface area (TPSA) is 9.23 Å². The number of hydrogen-bond acceptors (Lipinski definition) is 1. The van der Waals surface area contributed by atoms with E-state index in [1.807, 2.05) is 12.1 Å². The van der Waals surface area contributed by atoms with Crippen molar-refractivity contribution < 1.29 is 4.74 Å². The van der Waals surface area contributed by atoms with Gasteiger partial charge in [-0.25, -0.2) is 0 Å². The first-order valence-corrected chi connectivity index (χ1v) is 4.81. The van der Waals surface area contributed by atoms with Crippen LogP contribution in [0.25, 0.3) is 0 Å². The van der Waals surface area contributed by atoms with E-state index in [9.17, 15) is 0 Å². The van der Waals surface area contributed by atoms with E-state index in [0.717, 1.165) is 19.6 Å². The number of hydrogen-bond donors (Lipinski definition) is 0. The van der Waals surface area contributed by atoms with Gasteiger partial charge in [0, 0.05) is 5.41 Å². The highest BCUT2D eigenvalue weighted by atomic mass is 16.5. The molecule has 0 saturated carbocycles. The molecule has 1 saturated heterocycles. The number of aryl methyl sites for hydroxylation is 1. The van der Waals surface area contributed by atoms with E-state index >= 15 is 0 Å². The van der Waals surface area contributed by atoms with Gasteiger partial charge < -0.3 is 4.74 Å². The van der Waals surface area contributed by atoms with E-state index in [4.69, 9.17) is 4.74 Å². The molecule has 1 aromatic carbocycles. The monoisotopic (exact) mass is 175 g/mol. The van der Waals surface area contributed by atoms with Gasteiger partial charge in [-0.2, -0.15) is 0 Å². The summed E-state index contributed by atoms with van der Waals surface area (Å²) >= 11 is 0. The van der Waals surface area contributed by atoms with Crippen LogP contribution in [0.4, 0.5) is 0 Å². The summed E-state index contributed by atoms with van der Waals surface area (Å²) in [6.45, 7) is 4.17. The first-order valence-electron chi connectivity index (χ1n) is 4.81. The molecule has 0 bridgehead atoms. The molecule has 2 rings (SSSR count). The first kappa shape index (κ1) is 8.76. The van der Waals surface area contributed by atoms with E-state index in [1.54, 1.807) is 0 Å². The lowest BCUT2D eigenvalue weighted by atomic mass is 9.82. The van der Waals surface area contributed by atoms with E-state index < -0.39 is 0 Å². The number of ether oxygens (including phenoxy) is 1. The third kappa shape index (κ3) is 2.10. The normalized spacial score (nSPS) is 19.5. The van der Waals surface area contributed by atoms with E-state index in [2.05, 4.69) is 25.1 Å². The van der Waals surface area contributed by atoms with Gasteiger partial charge in [0.25, 0.3) is 0 Å². The fourth-order valence-corrected chi connectivity index (χ4v) is 1.63. The molecule has 1 aliphatic heterocycles. The van der Waals surface area contributed by atoms with Crippen molar-refractivity contribution in [3.8, 4) is 0 Å². The van der Waals surface area contributed by atoms with Gasteiger partial charge in [0.1, 0.15) is 0 Å². The molecule has 1 fully saturated rings. The summed E-state index contributed by atoms with van der Waals surface area (Å²) in [4.78, 5) is 0. The van der Waals surface area contributed by atoms with Crippen LogP contribution >= 0.6 is 0 Å². The Morgan fingerprint density at radius 2 is 2.08 bits per heavy atom. The minimum atomic E-state index is 0.444. The lowest BCUT2D eigenvalue weighted by Gasteiger charge is -2.38. The Hall–Kier alpha value is -0.820. The molecule has 1 aliphatic rings. The largest absolute Gasteiger partial charge is 0.380 e. The molecule has 1 nitrogen and oxygen atoms in total. The zero-order valence-electron chi connectivity index (χ0n) is 8.05. The van der Waals surface area contributed by atoms with Crippen LogP contribution in [0.5, 0.6) is 0 Å². The van der Waals surface area contributed by atoms with Crippen LogP contribution in [0.2, 0.25) is 0 Å². The quantitative estimate of drug-likeness (QED) is 0.685. The zero-order chi connectivity index (χ0) is 9.15. The summed E-state index contributed by atoms with van der Waals surface area (Å²) in [5, 5.41) is 0. The first-order chi connectivity index (χ1) is 6.29. The predicted molar refractivity (Wildman–Crippen MR) is 52.5 cm³/mol. The fourth-order valence-electron chi connectivity index (χ4n) is 1.63. The van der Waals surface area contributed by atoms with E-state index in [-0.39, 0.29) is 0 Å². The van der Waals surface area contributed by atoms with Gasteiger partial charge in [-0.15, -0.1) is 0 Å². The second-order valence-electron chi connectivity index (χ2n) is 4.21. The van der Waals surface area contributed by atoms with Gasteiger partial charge in [-0.1, -0.05) is 31.2 Å². The van der Waals surface area contributed by atoms with Crippen molar-refractivity contribution in [2.45, 2.75) is 19.8 Å². The summed E-state index contributed by atoms with van der Waals surface area (Å²) in [6, 6.07) is 11.3. The van der Waals surface area contributed by atoms with Gasteiger partial charge in [-0.3, -0.25) is 0 Å². The molecule has 0 aliphatic carbocycles. The molecule has 0 aromatic heterocycles. The highest BCUT2D eigenvalue weighted by molar-refractivity contribution is 5.14. The van der Waals surface area contributed by atoms with Crippen molar-refractivity contribution in [1.29, 1.82) is 0 Å². The maximum Gasteiger partial charge on any atom is 0.0542 e. The molecule has 0 spiro atoms. The molecule has 0 N–H and O–H groups in total. The third-order valence-electron chi connectivity index (χ3n) is 2.71. The van der Waals surface area contributed by atoms with Crippen LogP contribution < -0.4 is 0 Å². The van der Waals surface area contributed by atoms with Crippen LogP contribution in [0.15, 0.2) is 24.3 Å². The Bertz CT molecular complexity index is 262. The van der Waals surface area contributed by atoms with Crippen molar-refractivity contribution >= 4 is 0 Å². The summed E-state index contributed by atoms with van der Waals surface area (Å²) in [7, 11) is 0. The minimum absolute atomic E-state index is 0.444. The van der Waals surface area contributed by atoms with Gasteiger partial charge in [0.2, 0.25) is 0 Å². The Labute approximate surface area is 79.7 Å². The van der Waals surface area contributed by atoms with Crippen molar-refractivity contribution in [2.75, 3.05) is 13.2 Å². The van der Waals surface area contributed by atoms with Crippen LogP contribution in [0.1, 0.15) is 18.9 Å². The lowest BCUT2D eigenvalue weighted by molar-refractivity contribution is -0.105. The summed E-state index contributed by atoms with van der Waals surface area (Å²) in [5.41, 5.74) is 1.85. The van der Waals surface area contributed by atoms with Gasteiger partial charge in [0.05, 0.1) is 13.2 Å². The van der Waals surface area contributed by atoms with Gasteiger partial charge >= 0.3 is 0 Å². The maximum absolute atomic E-state index is 5.22. The van der Waals surface area contributed by atoms with E-state index in [0.29, 0.717) is 5.41 Å². The minimum Gasteiger partial charge on any atom is -0.380 e. The highest BCUT2D eigenvalue weighted by Gasteiger charge is 2.32. The summed E-state index contributed by atoms with van der Waals surface area (Å²) in [6.07, 6.45) is 2.39. The summed E-state index contributed by atoms with van der Waals surface area (Å²) in [5.74, 6) is 0. The number of rotatable bonds is 3. The summed E-state index contributed by atoms with van der Waals surface area (Å²) < 4.78 is 5.22. The van der Waals surface area contributed by atoms with Crippen LogP contribution in [0, 0.1) is 11.5 Å². The third-order valence-corrected chi connectivity index (χ3v) is 2.71. The average molecular weight is 175 g/mol. The standard InChI is InChI=1S/C12H15O/c1-12(9-13-10-12)8-7-11-5-3-2-4-6-11/h3-6H,7-10H2,1H3. The predicted octanol–water partition coefficient (Wildman–Crippen LogP) is 2.46. The molecule has 1 heterocycles. The second kappa shape index (κ2) is 3.51. The molecule has 1 radical (unpaired) electrons. The second-order valence-corrected chi connectivity index (χ2v) is 4.21. The van der Waals surface area contributed by atoms with Crippen molar-refractivity contribution in [2.24, 2.45) is 5.41 Å². The van der Waals surface area contributed by atoms with Gasteiger partial charge in [0.15, 0.2) is 0 Å². The maximum atomic E-state index is 5.22.